The van der Waals surface area contributed by atoms with E-state index in [1.807, 2.05) is 25.8 Å². The van der Waals surface area contributed by atoms with E-state index >= 15 is 0 Å². The molecule has 1 saturated carbocycles. The van der Waals surface area contributed by atoms with Crippen LogP contribution in [0.5, 0.6) is 0 Å². The molecule has 18 heteroatoms. The molecular formula is C37H53F3N6O7S2. The molecule has 6 atom stereocenters. The van der Waals surface area contributed by atoms with Crippen molar-refractivity contribution in [3.63, 3.8) is 0 Å². The Labute approximate surface area is 328 Å². The average Bonchev–Trinajstić information content (AvgIpc) is 3.56. The van der Waals surface area contributed by atoms with Crippen molar-refractivity contribution in [2.75, 3.05) is 27.7 Å². The van der Waals surface area contributed by atoms with Crippen molar-refractivity contribution in [3.05, 3.63) is 32.2 Å². The third-order valence-electron chi connectivity index (χ3n) is 10.2. The molecule has 55 heavy (non-hydrogen) atoms. The van der Waals surface area contributed by atoms with Crippen LogP contribution in [0, 0.1) is 17.8 Å². The highest BCUT2D eigenvalue weighted by molar-refractivity contribution is 7.10. The molecule has 0 radical (unpaired) electrons. The van der Waals surface area contributed by atoms with Gasteiger partial charge in [0.2, 0.25) is 11.8 Å². The van der Waals surface area contributed by atoms with Crippen molar-refractivity contribution in [1.82, 2.24) is 30.4 Å². The van der Waals surface area contributed by atoms with Gasteiger partial charge in [-0.25, -0.2) is 9.97 Å². The number of likely N-dealkylation sites (N-methyl/N-ethyl adjacent to an activating group) is 2. The topological polar surface area (TPSA) is 160 Å². The maximum atomic E-state index is 14.1. The number of hydrogen-bond acceptors (Lipinski definition) is 12. The van der Waals surface area contributed by atoms with E-state index in [2.05, 4.69) is 20.6 Å². The predicted octanol–water partition coefficient (Wildman–Crippen LogP) is 5.41. The van der Waals surface area contributed by atoms with Gasteiger partial charge in [0.05, 0.1) is 24.1 Å². The number of nitrogens with one attached hydrogen (secondary N) is 2. The molecule has 0 unspecified atom stereocenters. The quantitative estimate of drug-likeness (QED) is 0.187. The highest BCUT2D eigenvalue weighted by Gasteiger charge is 2.39. The highest BCUT2D eigenvalue weighted by Crippen LogP contribution is 2.35. The zero-order chi connectivity index (χ0) is 40.6. The van der Waals surface area contributed by atoms with Crippen LogP contribution in [0.1, 0.15) is 111 Å². The van der Waals surface area contributed by atoms with Crippen LogP contribution < -0.4 is 10.6 Å². The lowest BCUT2D eigenvalue weighted by Crippen LogP contribution is -2.56. The van der Waals surface area contributed by atoms with Gasteiger partial charge in [-0.2, -0.15) is 13.2 Å². The van der Waals surface area contributed by atoms with Gasteiger partial charge in [-0.1, -0.05) is 40.0 Å². The summed E-state index contributed by atoms with van der Waals surface area (Å²) in [6, 6.07) is -2.24. The first kappa shape index (κ1) is 44.1. The van der Waals surface area contributed by atoms with Gasteiger partial charge in [-0.15, -0.1) is 22.7 Å². The number of piperidine rings is 1. The third-order valence-corrected chi connectivity index (χ3v) is 12.0. The van der Waals surface area contributed by atoms with Crippen LogP contribution in [-0.2, 0) is 41.2 Å². The number of amides is 3. The molecule has 306 valence electrons. The second kappa shape index (κ2) is 19.5. The molecule has 0 spiro atoms. The molecule has 3 amide bonds. The summed E-state index contributed by atoms with van der Waals surface area (Å²) >= 11 is 1.89. The normalized spacial score (nSPS) is 19.1. The van der Waals surface area contributed by atoms with Gasteiger partial charge in [0, 0.05) is 49.7 Å². The fourth-order valence-corrected chi connectivity index (χ4v) is 8.67. The number of methoxy groups -OCH3 is 1. The van der Waals surface area contributed by atoms with Crippen LogP contribution in [0.15, 0.2) is 10.8 Å². The van der Waals surface area contributed by atoms with Crippen molar-refractivity contribution in [2.45, 2.75) is 122 Å². The summed E-state index contributed by atoms with van der Waals surface area (Å²) in [5.74, 6) is -2.58. The number of rotatable bonds is 18. The molecule has 0 bridgehead atoms. The molecule has 1 aliphatic carbocycles. The van der Waals surface area contributed by atoms with Gasteiger partial charge in [0.1, 0.15) is 16.7 Å². The number of carbonyl (C=O) groups is 5. The third kappa shape index (κ3) is 12.7. The molecule has 1 saturated heterocycles. The van der Waals surface area contributed by atoms with Crippen molar-refractivity contribution in [1.29, 1.82) is 0 Å². The van der Waals surface area contributed by atoms with E-state index < -0.39 is 59.9 Å². The van der Waals surface area contributed by atoms with E-state index in [9.17, 15) is 37.1 Å². The molecule has 2 aromatic rings. The Kier molecular flexibility index (Phi) is 15.6. The first-order valence-corrected chi connectivity index (χ1v) is 20.4. The van der Waals surface area contributed by atoms with E-state index in [4.69, 9.17) is 9.47 Å². The number of halogens is 3. The van der Waals surface area contributed by atoms with E-state index in [1.165, 1.54) is 19.4 Å². The second-order valence-electron chi connectivity index (χ2n) is 15.1. The molecular weight excluding hydrogens is 762 g/mol. The zero-order valence-corrected chi connectivity index (χ0v) is 34.1. The number of carbonyl (C=O) groups excluding carboxylic acids is 5. The number of aromatic nitrogens is 2. The lowest BCUT2D eigenvalue weighted by atomic mass is 9.95. The fourth-order valence-electron chi connectivity index (χ4n) is 6.95. The van der Waals surface area contributed by atoms with Crippen molar-refractivity contribution >= 4 is 52.3 Å². The minimum absolute atomic E-state index is 0.0200. The zero-order valence-electron chi connectivity index (χ0n) is 32.4. The first-order chi connectivity index (χ1) is 25.9. The van der Waals surface area contributed by atoms with Crippen LogP contribution in [0.25, 0.3) is 0 Å². The molecule has 1 aliphatic heterocycles. The van der Waals surface area contributed by atoms with Gasteiger partial charge >= 0.3 is 18.1 Å². The summed E-state index contributed by atoms with van der Waals surface area (Å²) < 4.78 is 50.2. The molecule has 2 N–H and O–H groups in total. The van der Waals surface area contributed by atoms with Crippen molar-refractivity contribution in [2.24, 2.45) is 17.8 Å². The van der Waals surface area contributed by atoms with Crippen LogP contribution in [0.4, 0.5) is 13.2 Å². The number of esters is 2. The Hall–Kier alpha value is -3.64. The summed E-state index contributed by atoms with van der Waals surface area (Å²) in [6.07, 6.45) is -0.149. The van der Waals surface area contributed by atoms with Gasteiger partial charge in [-0.05, 0) is 51.1 Å². The standard InChI is InChI=1S/C37H53F3N6O7S2/c1-20(2)28(46(6)35(50)25(15-23-11-12-23)42-33(49)27-10-8-9-13-45(27)5)17-29(53-22(4)47)34-43-26(18-55-34)32(48)41-24(14-21(3)36(51)52-7)16-31-44-30(19-54-31)37(38,39)40/h18-21,23-25,27-29H,8-17H2,1-7H3,(H,41,48)(H,42,49)/t21-,24+,25-,27+,28+,29+/m0/s1. The minimum Gasteiger partial charge on any atom is -0.469 e. The Morgan fingerprint density at radius 2 is 1.73 bits per heavy atom. The van der Waals surface area contributed by atoms with E-state index in [-0.39, 0.29) is 53.7 Å². The van der Waals surface area contributed by atoms with Crippen LogP contribution >= 0.6 is 22.7 Å². The first-order valence-electron chi connectivity index (χ1n) is 18.7. The van der Waals surface area contributed by atoms with Gasteiger partial charge < -0.3 is 25.0 Å². The Bertz CT molecular complexity index is 1650. The maximum Gasteiger partial charge on any atom is 0.434 e. The van der Waals surface area contributed by atoms with E-state index in [0.717, 1.165) is 66.7 Å². The van der Waals surface area contributed by atoms with Crippen LogP contribution in [0.2, 0.25) is 0 Å². The average molecular weight is 815 g/mol. The second-order valence-corrected chi connectivity index (χ2v) is 16.9. The summed E-state index contributed by atoms with van der Waals surface area (Å²) in [6.45, 7) is 7.55. The largest absolute Gasteiger partial charge is 0.469 e. The van der Waals surface area contributed by atoms with Gasteiger partial charge in [-0.3, -0.25) is 28.9 Å². The van der Waals surface area contributed by atoms with Gasteiger partial charge in [0.15, 0.2) is 11.8 Å². The number of thiazole rings is 2. The van der Waals surface area contributed by atoms with E-state index in [1.54, 1.807) is 18.9 Å². The number of hydrogen-bond donors (Lipinski definition) is 2. The SMILES string of the molecule is COC(=O)[C@@H](C)C[C@H](Cc1nc(C(F)(F)F)cs1)NC(=O)c1csc([C@@H](C[C@H](C(C)C)N(C)C(=O)[C@H](CC2CC2)NC(=O)[C@H]2CCCCN2C)OC(C)=O)n1. The lowest BCUT2D eigenvalue weighted by molar-refractivity contribution is -0.149. The molecule has 13 nitrogen and oxygen atoms in total. The minimum atomic E-state index is -4.63. The maximum absolute atomic E-state index is 14.1. The summed E-state index contributed by atoms with van der Waals surface area (Å²) in [5, 5.41) is 8.67. The fraction of sp³-hybridized carbons (Fsp3) is 0.703. The van der Waals surface area contributed by atoms with E-state index in [0.29, 0.717) is 17.3 Å². The van der Waals surface area contributed by atoms with Crippen LogP contribution in [0.3, 0.4) is 0 Å². The number of nitrogens with zero attached hydrogens (tertiary/aromatic N) is 4. The molecule has 2 aliphatic rings. The molecule has 0 aromatic carbocycles. The molecule has 2 aromatic heterocycles. The Balaban J connectivity index is 1.51. The lowest BCUT2D eigenvalue weighted by Gasteiger charge is -2.37. The summed E-state index contributed by atoms with van der Waals surface area (Å²) in [7, 11) is 4.83. The molecule has 4 rings (SSSR count). The van der Waals surface area contributed by atoms with Crippen LogP contribution in [-0.4, -0.2) is 101 Å². The number of ether oxygens (including phenoxy) is 2. The smallest absolute Gasteiger partial charge is 0.434 e. The Morgan fingerprint density at radius 1 is 1.02 bits per heavy atom. The Morgan fingerprint density at radius 3 is 2.31 bits per heavy atom. The molecule has 2 fully saturated rings. The summed E-state index contributed by atoms with van der Waals surface area (Å²) in [4.78, 5) is 77.5. The predicted molar refractivity (Wildman–Crippen MR) is 200 cm³/mol. The van der Waals surface area contributed by atoms with Crippen molar-refractivity contribution < 1.29 is 46.6 Å². The molecule has 3 heterocycles. The number of alkyl halides is 3. The summed E-state index contributed by atoms with van der Waals surface area (Å²) in [5.41, 5.74) is -1.06. The monoisotopic (exact) mass is 814 g/mol. The van der Waals surface area contributed by atoms with Crippen molar-refractivity contribution in [3.8, 4) is 0 Å². The van der Waals surface area contributed by atoms with Gasteiger partial charge in [0.25, 0.3) is 5.91 Å². The highest BCUT2D eigenvalue weighted by atomic mass is 32.1. The number of likely N-dealkylation sites (tertiary alicyclic amines) is 1.